The van der Waals surface area contributed by atoms with Crippen molar-refractivity contribution in [1.29, 1.82) is 0 Å². The van der Waals surface area contributed by atoms with Crippen LogP contribution in [-0.4, -0.2) is 75.9 Å². The number of carbonyl (C=O) groups is 1. The number of nitrogens with zero attached hydrogens (tertiary/aromatic N) is 2. The normalized spacial score (nSPS) is 23.8. The van der Waals surface area contributed by atoms with Gasteiger partial charge in [-0.3, -0.25) is 4.90 Å². The largest absolute Gasteiger partial charge is 0.510 e. The van der Waals surface area contributed by atoms with Crippen molar-refractivity contribution in [2.24, 2.45) is 17.6 Å². The maximum absolute atomic E-state index is 12.4. The summed E-state index contributed by atoms with van der Waals surface area (Å²) < 4.78 is 30.2. The maximum atomic E-state index is 12.4. The van der Waals surface area contributed by atoms with Gasteiger partial charge < -0.3 is 33.6 Å². The monoisotopic (exact) mass is 587 g/mol. The van der Waals surface area contributed by atoms with Crippen LogP contribution in [0.2, 0.25) is 0 Å². The number of primary amides is 1. The van der Waals surface area contributed by atoms with Crippen LogP contribution >= 0.6 is 0 Å². The molecule has 41 heavy (non-hydrogen) atoms. The summed E-state index contributed by atoms with van der Waals surface area (Å²) in [7, 11) is -1.82. The topological polar surface area (TPSA) is 126 Å². The summed E-state index contributed by atoms with van der Waals surface area (Å²) >= 11 is 0. The smallest absolute Gasteiger partial charge is 0.497 e. The Kier molecular flexibility index (Phi) is 10.4. The molecule has 11 heteroatoms. The standard InChI is InChI=1S/C30H45N3O7Si/c1-7-19-18-33-15-14-20(19)16-24(33)28(34)26-22-17-21(36-6)12-13-23(22)32-27(29(26)40-30(31)35)25(8-2)41(37-9-3,38-10-4)39-11-5/h7,12-13,17,19-20,24-25,28,34H,1,8-11,14-16,18H2,2-6H3,(H2,31,35)/t19-,20?,24-,25?,28-/m0/s1. The SMILES string of the molecule is C=C[C@H]1CN2CCC1C[C@H]2[C@H](O)c1c(OC(N)=O)c(C(CC)[Si](OCC)(OCC)OCC)nc2ccc(OC)cc12. The number of hydrogen-bond donors (Lipinski definition) is 2. The predicted octanol–water partition coefficient (Wildman–Crippen LogP) is 4.71. The third-order valence-electron chi connectivity index (χ3n) is 8.43. The van der Waals surface area contributed by atoms with Gasteiger partial charge in [-0.2, -0.15) is 0 Å². The van der Waals surface area contributed by atoms with Crippen LogP contribution in [0.15, 0.2) is 30.9 Å². The third-order valence-corrected chi connectivity index (χ3v) is 12.0. The predicted molar refractivity (Wildman–Crippen MR) is 159 cm³/mol. The van der Waals surface area contributed by atoms with Crippen LogP contribution in [0, 0.1) is 11.8 Å². The number of amides is 1. The molecule has 1 amide bonds. The zero-order chi connectivity index (χ0) is 29.7. The number of ether oxygens (including phenoxy) is 2. The van der Waals surface area contributed by atoms with E-state index in [4.69, 9.17) is 33.5 Å². The van der Waals surface area contributed by atoms with E-state index in [1.54, 1.807) is 7.11 Å². The molecule has 0 spiro atoms. The number of benzene rings is 1. The molecule has 3 N–H and O–H groups in total. The van der Waals surface area contributed by atoms with Crippen molar-refractivity contribution in [2.75, 3.05) is 40.0 Å². The number of nitrogens with two attached hydrogens (primary N) is 1. The lowest BCUT2D eigenvalue weighted by atomic mass is 9.73. The number of piperidine rings is 3. The van der Waals surface area contributed by atoms with Gasteiger partial charge in [-0.25, -0.2) is 9.78 Å². The van der Waals surface area contributed by atoms with Gasteiger partial charge in [0, 0.05) is 43.4 Å². The van der Waals surface area contributed by atoms with Crippen LogP contribution in [-0.2, 0) is 13.3 Å². The molecule has 4 heterocycles. The molecule has 6 atom stereocenters. The fraction of sp³-hybridized carbons (Fsp3) is 0.600. The Labute approximate surface area is 244 Å². The number of aromatic nitrogens is 1. The van der Waals surface area contributed by atoms with Crippen molar-refractivity contribution < 1.29 is 32.7 Å². The van der Waals surface area contributed by atoms with E-state index < -0.39 is 26.5 Å². The molecule has 2 aromatic rings. The van der Waals surface area contributed by atoms with Gasteiger partial charge in [0.2, 0.25) is 0 Å². The van der Waals surface area contributed by atoms with Gasteiger partial charge in [0.25, 0.3) is 0 Å². The highest BCUT2D eigenvalue weighted by atomic mass is 28.4. The maximum Gasteiger partial charge on any atom is 0.510 e. The summed E-state index contributed by atoms with van der Waals surface area (Å²) in [6.45, 7) is 14.5. The Bertz CT molecular complexity index is 1210. The fourth-order valence-corrected chi connectivity index (χ4v) is 9.76. The van der Waals surface area contributed by atoms with Gasteiger partial charge in [-0.05, 0) is 76.6 Å². The molecule has 3 unspecified atom stereocenters. The molecule has 0 aliphatic carbocycles. The first-order chi connectivity index (χ1) is 19.8. The lowest BCUT2D eigenvalue weighted by molar-refractivity contribution is -0.0450. The van der Waals surface area contributed by atoms with Crippen molar-refractivity contribution >= 4 is 25.8 Å². The zero-order valence-electron chi connectivity index (χ0n) is 24.9. The molecule has 3 aliphatic heterocycles. The Balaban J connectivity index is 1.98. The molecule has 3 aliphatic rings. The average Bonchev–Trinajstić information content (AvgIpc) is 2.97. The highest BCUT2D eigenvalue weighted by Gasteiger charge is 2.52. The lowest BCUT2D eigenvalue weighted by Gasteiger charge is -2.50. The van der Waals surface area contributed by atoms with Crippen LogP contribution in [0.4, 0.5) is 4.79 Å². The van der Waals surface area contributed by atoms with Gasteiger partial charge in [-0.15, -0.1) is 6.58 Å². The van der Waals surface area contributed by atoms with Crippen molar-refractivity contribution in [3.8, 4) is 11.5 Å². The van der Waals surface area contributed by atoms with Crippen LogP contribution in [0.1, 0.15) is 69.9 Å². The molecular weight excluding hydrogens is 542 g/mol. The van der Waals surface area contributed by atoms with Gasteiger partial charge in [0.05, 0.1) is 30.0 Å². The first kappa shape index (κ1) is 31.4. The highest BCUT2D eigenvalue weighted by Crippen LogP contribution is 2.48. The van der Waals surface area contributed by atoms with E-state index in [1.807, 2.05) is 52.0 Å². The van der Waals surface area contributed by atoms with Gasteiger partial charge in [0.15, 0.2) is 5.75 Å². The van der Waals surface area contributed by atoms with Gasteiger partial charge in [-0.1, -0.05) is 13.0 Å². The second-order valence-corrected chi connectivity index (χ2v) is 13.4. The zero-order valence-corrected chi connectivity index (χ0v) is 25.9. The van der Waals surface area contributed by atoms with Crippen LogP contribution in [0.25, 0.3) is 10.9 Å². The number of aliphatic hydroxyl groups excluding tert-OH is 1. The molecule has 1 aromatic heterocycles. The second-order valence-electron chi connectivity index (χ2n) is 10.6. The molecule has 0 radical (unpaired) electrons. The molecule has 3 saturated heterocycles. The van der Waals surface area contributed by atoms with E-state index in [0.717, 1.165) is 25.9 Å². The Hall–Kier alpha value is -2.54. The average molecular weight is 588 g/mol. The third kappa shape index (κ3) is 6.16. The molecule has 226 valence electrons. The van der Waals surface area contributed by atoms with Crippen LogP contribution < -0.4 is 15.2 Å². The summed E-state index contributed by atoms with van der Waals surface area (Å²) in [6, 6.07) is 5.31. The molecule has 1 aromatic carbocycles. The van der Waals surface area contributed by atoms with Gasteiger partial charge >= 0.3 is 14.9 Å². The molecule has 10 nitrogen and oxygen atoms in total. The fourth-order valence-electron chi connectivity index (χ4n) is 6.67. The molecule has 0 saturated carbocycles. The van der Waals surface area contributed by atoms with Crippen LogP contribution in [0.3, 0.4) is 0 Å². The highest BCUT2D eigenvalue weighted by molar-refractivity contribution is 6.62. The number of pyridine rings is 1. The number of carbonyl (C=O) groups excluding carboxylic acids is 1. The first-order valence-electron chi connectivity index (χ1n) is 14.7. The molecule has 5 rings (SSSR count). The number of aliphatic hydroxyl groups is 1. The van der Waals surface area contributed by atoms with E-state index in [9.17, 15) is 9.90 Å². The lowest BCUT2D eigenvalue weighted by Crippen LogP contribution is -2.55. The van der Waals surface area contributed by atoms with Crippen molar-refractivity contribution in [1.82, 2.24) is 9.88 Å². The summed E-state index contributed by atoms with van der Waals surface area (Å²) in [6.07, 6.45) is 2.43. The Morgan fingerprint density at radius 1 is 1.22 bits per heavy atom. The minimum atomic E-state index is -3.40. The van der Waals surface area contributed by atoms with Crippen LogP contribution in [0.5, 0.6) is 11.5 Å². The van der Waals surface area contributed by atoms with E-state index in [2.05, 4.69) is 11.5 Å². The van der Waals surface area contributed by atoms with Crippen molar-refractivity contribution in [2.45, 2.75) is 64.6 Å². The summed E-state index contributed by atoms with van der Waals surface area (Å²) in [5, 5.41) is 12.9. The van der Waals surface area contributed by atoms with Crippen molar-refractivity contribution in [3.05, 3.63) is 42.1 Å². The number of rotatable bonds is 14. The number of fused-ring (bicyclic) bond motifs is 4. The van der Waals surface area contributed by atoms with E-state index in [0.29, 0.717) is 66.0 Å². The second kappa shape index (κ2) is 13.6. The summed E-state index contributed by atoms with van der Waals surface area (Å²) in [4.78, 5) is 19.8. The first-order valence-corrected chi connectivity index (χ1v) is 16.5. The quantitative estimate of drug-likeness (QED) is 0.239. The minimum Gasteiger partial charge on any atom is -0.497 e. The molecule has 3 fully saturated rings. The van der Waals surface area contributed by atoms with E-state index >= 15 is 0 Å². The summed E-state index contributed by atoms with van der Waals surface area (Å²) in [5.41, 5.74) is 6.69. The number of hydrogen-bond acceptors (Lipinski definition) is 9. The molecular formula is C30H45N3O7Si. The minimum absolute atomic E-state index is 0.136. The molecule has 2 bridgehead atoms. The van der Waals surface area contributed by atoms with Gasteiger partial charge in [0.1, 0.15) is 5.75 Å². The summed E-state index contributed by atoms with van der Waals surface area (Å²) in [5.74, 6) is 1.54. The Morgan fingerprint density at radius 2 is 1.90 bits per heavy atom. The van der Waals surface area contributed by atoms with E-state index in [1.165, 1.54) is 0 Å². The van der Waals surface area contributed by atoms with E-state index in [-0.39, 0.29) is 11.8 Å². The van der Waals surface area contributed by atoms with Crippen molar-refractivity contribution in [3.63, 3.8) is 0 Å². The Morgan fingerprint density at radius 3 is 2.41 bits per heavy atom. The number of methoxy groups -OCH3 is 1.